The quantitative estimate of drug-likeness (QED) is 0.139. The molecule has 0 bridgehead atoms. The van der Waals surface area contributed by atoms with E-state index in [9.17, 15) is 4.79 Å². The largest absolute Gasteiger partial charge is 0.490 e. The Bertz CT molecular complexity index is 1980. The summed E-state index contributed by atoms with van der Waals surface area (Å²) in [5, 5.41) is 3.37. The summed E-state index contributed by atoms with van der Waals surface area (Å²) in [5.41, 5.74) is 6.02. The van der Waals surface area contributed by atoms with Crippen LogP contribution in [0.5, 0.6) is 23.0 Å². The highest BCUT2D eigenvalue weighted by Crippen LogP contribution is 2.56. The Morgan fingerprint density at radius 3 is 1.69 bits per heavy atom. The first-order valence-electron chi connectivity index (χ1n) is 16.0. The van der Waals surface area contributed by atoms with Crippen LogP contribution in [0.1, 0.15) is 38.2 Å². The highest BCUT2D eigenvalue weighted by molar-refractivity contribution is 6.03. The summed E-state index contributed by atoms with van der Waals surface area (Å²) in [6, 6.07) is 47.1. The second-order valence-corrected chi connectivity index (χ2v) is 11.7. The fourth-order valence-electron chi connectivity index (χ4n) is 6.18. The van der Waals surface area contributed by atoms with Crippen molar-refractivity contribution in [1.29, 1.82) is 0 Å². The summed E-state index contributed by atoms with van der Waals surface area (Å²) in [6.45, 7) is 5.21. The number of ether oxygens (including phenoxy) is 4. The highest BCUT2D eigenvalue weighted by Gasteiger charge is 2.54. The third-order valence-corrected chi connectivity index (χ3v) is 8.30. The monoisotopic (exact) mass is 633 g/mol. The average molecular weight is 634 g/mol. The molecular weight excluding hydrogens is 598 g/mol. The highest BCUT2D eigenvalue weighted by atomic mass is 16.6. The van der Waals surface area contributed by atoms with Gasteiger partial charge in [-0.3, -0.25) is 0 Å². The average Bonchev–Trinajstić information content (AvgIpc) is 3.41. The van der Waals surface area contributed by atoms with Gasteiger partial charge in [-0.1, -0.05) is 91.0 Å². The first-order valence-corrected chi connectivity index (χ1v) is 16.0. The van der Waals surface area contributed by atoms with Crippen LogP contribution in [-0.2, 0) is 10.3 Å². The number of aryl methyl sites for hydroxylation is 2. The summed E-state index contributed by atoms with van der Waals surface area (Å²) in [5.74, 6) is 2.82. The van der Waals surface area contributed by atoms with Crippen molar-refractivity contribution in [3.63, 3.8) is 0 Å². The van der Waals surface area contributed by atoms with Crippen LogP contribution < -0.4 is 19.5 Å². The number of fused-ring (bicyclic) bond motifs is 6. The van der Waals surface area contributed by atoms with E-state index < -0.39 is 5.60 Å². The van der Waals surface area contributed by atoms with Gasteiger partial charge in [0.25, 0.3) is 0 Å². The lowest BCUT2D eigenvalue weighted by Gasteiger charge is -2.36. The van der Waals surface area contributed by atoms with Crippen molar-refractivity contribution < 1.29 is 23.7 Å². The normalized spacial score (nSPS) is 13.1. The molecule has 6 nitrogen and oxygen atoms in total. The SMILES string of the molecule is Cc1cccc(OCCOc2cccc(C)c2)c1.O=C1OC2(c3ccccc3Oc3ccccc32)c2cccc(Nc3ccccc3)c21. The van der Waals surface area contributed by atoms with Crippen LogP contribution in [-0.4, -0.2) is 19.2 Å². The molecular formula is C42H35NO5. The first kappa shape index (κ1) is 30.6. The number of carbonyl (C=O) groups excluding carboxylic acids is 1. The van der Waals surface area contributed by atoms with Crippen molar-refractivity contribution in [3.05, 3.63) is 179 Å². The maximum absolute atomic E-state index is 13.3. The number of hydrogen-bond acceptors (Lipinski definition) is 6. The van der Waals surface area contributed by atoms with E-state index in [0.29, 0.717) is 30.3 Å². The number of carbonyl (C=O) groups is 1. The lowest BCUT2D eigenvalue weighted by Crippen LogP contribution is -2.32. The van der Waals surface area contributed by atoms with Crippen molar-refractivity contribution >= 4 is 17.3 Å². The van der Waals surface area contributed by atoms with Crippen molar-refractivity contribution in [2.75, 3.05) is 18.5 Å². The number of benzene rings is 6. The van der Waals surface area contributed by atoms with Gasteiger partial charge in [0, 0.05) is 22.4 Å². The molecule has 6 aromatic carbocycles. The molecule has 0 aliphatic carbocycles. The fourth-order valence-corrected chi connectivity index (χ4v) is 6.18. The number of esters is 1. The topological polar surface area (TPSA) is 66.0 Å². The Kier molecular flexibility index (Phi) is 8.54. The Morgan fingerprint density at radius 2 is 1.10 bits per heavy atom. The summed E-state index contributed by atoms with van der Waals surface area (Å²) in [7, 11) is 0. The van der Waals surface area contributed by atoms with Gasteiger partial charge in [0.15, 0.2) is 5.60 Å². The molecule has 2 heterocycles. The Balaban J connectivity index is 0.000000174. The van der Waals surface area contributed by atoms with Gasteiger partial charge in [0.2, 0.25) is 0 Å². The minimum Gasteiger partial charge on any atom is -0.490 e. The molecule has 0 saturated heterocycles. The molecule has 6 aromatic rings. The van der Waals surface area contributed by atoms with E-state index in [-0.39, 0.29) is 5.97 Å². The third-order valence-electron chi connectivity index (χ3n) is 8.30. The Labute approximate surface area is 280 Å². The van der Waals surface area contributed by atoms with Gasteiger partial charge in [-0.05, 0) is 79.6 Å². The predicted octanol–water partition coefficient (Wildman–Crippen LogP) is 9.76. The Hall–Kier alpha value is -6.01. The van der Waals surface area contributed by atoms with Crippen molar-refractivity contribution in [3.8, 4) is 23.0 Å². The van der Waals surface area contributed by atoms with Crippen LogP contribution >= 0.6 is 0 Å². The molecule has 48 heavy (non-hydrogen) atoms. The summed E-state index contributed by atoms with van der Waals surface area (Å²) >= 11 is 0. The zero-order valence-electron chi connectivity index (χ0n) is 26.8. The minimum absolute atomic E-state index is 0.351. The summed E-state index contributed by atoms with van der Waals surface area (Å²) in [6.07, 6.45) is 0. The van der Waals surface area contributed by atoms with Crippen LogP contribution in [0, 0.1) is 13.8 Å². The summed E-state index contributed by atoms with van der Waals surface area (Å²) < 4.78 is 23.6. The van der Waals surface area contributed by atoms with Gasteiger partial charge in [-0.2, -0.15) is 0 Å². The van der Waals surface area contributed by atoms with Gasteiger partial charge >= 0.3 is 5.97 Å². The van der Waals surface area contributed by atoms with E-state index in [2.05, 4.69) is 31.3 Å². The van der Waals surface area contributed by atoms with E-state index in [0.717, 1.165) is 39.6 Å². The fraction of sp³-hybridized carbons (Fsp3) is 0.119. The standard InChI is InChI=1S/C26H17NO3.C16H18O2/c28-25-24-20(13-8-14-21(24)27-17-9-2-1-3-10-17)26(30-25)18-11-4-6-15-22(18)29-23-16-7-5-12-19(23)26;1-13-5-3-7-15(11-13)17-9-10-18-16-8-4-6-14(2)12-16/h1-16,27H;3-8,11-12H,9-10H2,1-2H3. The molecule has 0 fully saturated rings. The molecule has 0 atom stereocenters. The molecule has 1 N–H and O–H groups in total. The van der Waals surface area contributed by atoms with Gasteiger partial charge in [0.05, 0.1) is 11.3 Å². The van der Waals surface area contributed by atoms with E-state index in [4.69, 9.17) is 18.9 Å². The molecule has 1 spiro atoms. The second-order valence-electron chi connectivity index (χ2n) is 11.7. The molecule has 2 aliphatic rings. The van der Waals surface area contributed by atoms with Crippen molar-refractivity contribution in [2.24, 2.45) is 0 Å². The predicted molar refractivity (Wildman–Crippen MR) is 188 cm³/mol. The summed E-state index contributed by atoms with van der Waals surface area (Å²) in [4.78, 5) is 13.3. The molecule has 0 aromatic heterocycles. The third kappa shape index (κ3) is 6.08. The van der Waals surface area contributed by atoms with Gasteiger partial charge in [0.1, 0.15) is 36.2 Å². The van der Waals surface area contributed by atoms with Gasteiger partial charge < -0.3 is 24.3 Å². The molecule has 0 saturated carbocycles. The van der Waals surface area contributed by atoms with Crippen LogP contribution in [0.3, 0.4) is 0 Å². The van der Waals surface area contributed by atoms with Crippen LogP contribution in [0.4, 0.5) is 11.4 Å². The van der Waals surface area contributed by atoms with E-state index in [1.807, 2.05) is 133 Å². The van der Waals surface area contributed by atoms with Crippen molar-refractivity contribution in [1.82, 2.24) is 0 Å². The molecule has 0 unspecified atom stereocenters. The van der Waals surface area contributed by atoms with E-state index >= 15 is 0 Å². The number of nitrogens with one attached hydrogen (secondary N) is 1. The first-order chi connectivity index (χ1) is 23.5. The number of para-hydroxylation sites is 3. The number of hydrogen-bond donors (Lipinski definition) is 1. The maximum Gasteiger partial charge on any atom is 0.342 e. The second kappa shape index (κ2) is 13.4. The lowest BCUT2D eigenvalue weighted by atomic mass is 9.77. The van der Waals surface area contributed by atoms with Crippen LogP contribution in [0.25, 0.3) is 0 Å². The Morgan fingerprint density at radius 1 is 0.583 bits per heavy atom. The number of anilines is 2. The maximum atomic E-state index is 13.3. The zero-order chi connectivity index (χ0) is 32.9. The van der Waals surface area contributed by atoms with E-state index in [1.54, 1.807) is 0 Å². The molecule has 0 amide bonds. The van der Waals surface area contributed by atoms with Crippen LogP contribution in [0.2, 0.25) is 0 Å². The smallest absolute Gasteiger partial charge is 0.342 e. The van der Waals surface area contributed by atoms with Crippen LogP contribution in [0.15, 0.2) is 146 Å². The molecule has 2 aliphatic heterocycles. The molecule has 238 valence electrons. The van der Waals surface area contributed by atoms with Crippen molar-refractivity contribution in [2.45, 2.75) is 19.4 Å². The van der Waals surface area contributed by atoms with E-state index in [1.165, 1.54) is 11.1 Å². The van der Waals surface area contributed by atoms with Gasteiger partial charge in [-0.15, -0.1) is 0 Å². The lowest BCUT2D eigenvalue weighted by molar-refractivity contribution is 0.0225. The zero-order valence-corrected chi connectivity index (χ0v) is 26.8. The van der Waals surface area contributed by atoms with Gasteiger partial charge in [-0.25, -0.2) is 4.79 Å². The molecule has 6 heteroatoms. The minimum atomic E-state index is -1.04. The molecule has 8 rings (SSSR count). The molecule has 0 radical (unpaired) electrons. The number of rotatable bonds is 7.